The van der Waals surface area contributed by atoms with Gasteiger partial charge in [-0.3, -0.25) is 9.48 Å². The molecule has 0 saturated heterocycles. The molecule has 1 aromatic rings. The first-order valence-corrected chi connectivity index (χ1v) is 8.99. The number of nitrogens with zero attached hydrogens (tertiary/aromatic N) is 2. The highest BCUT2D eigenvalue weighted by Crippen LogP contribution is 2.33. The fourth-order valence-corrected chi connectivity index (χ4v) is 3.73. The molecule has 1 aliphatic rings. The van der Waals surface area contributed by atoms with Crippen molar-refractivity contribution in [2.45, 2.75) is 71.3 Å². The Morgan fingerprint density at radius 3 is 2.57 bits per heavy atom. The maximum absolute atomic E-state index is 11.6. The molecule has 23 heavy (non-hydrogen) atoms. The average molecular weight is 321 g/mol. The third-order valence-corrected chi connectivity index (χ3v) is 5.52. The number of carboxylic acid groups (broad SMARTS) is 1. The standard InChI is InChI=1S/C18H31N3O2/c1-4-18(5-2,17(22)23)13-19-11-15-12-21(3)20-16(15)14-9-7-6-8-10-14/h12,14,19H,4-11,13H2,1-3H3,(H,22,23). The molecule has 0 aliphatic heterocycles. The van der Waals surface area contributed by atoms with E-state index in [2.05, 4.69) is 16.6 Å². The van der Waals surface area contributed by atoms with Gasteiger partial charge in [-0.25, -0.2) is 0 Å². The Kier molecular flexibility index (Phi) is 6.22. The van der Waals surface area contributed by atoms with Gasteiger partial charge in [0, 0.05) is 37.8 Å². The van der Waals surface area contributed by atoms with Crippen LogP contribution in [0.15, 0.2) is 6.20 Å². The number of aliphatic carboxylic acids is 1. The molecule has 2 rings (SSSR count). The predicted octanol–water partition coefficient (Wildman–Crippen LogP) is 3.45. The summed E-state index contributed by atoms with van der Waals surface area (Å²) in [6.07, 6.45) is 9.76. The number of nitrogens with one attached hydrogen (secondary N) is 1. The summed E-state index contributed by atoms with van der Waals surface area (Å²) in [6, 6.07) is 0. The minimum absolute atomic E-state index is 0.508. The second kappa shape index (κ2) is 7.95. The largest absolute Gasteiger partial charge is 0.481 e. The van der Waals surface area contributed by atoms with E-state index in [-0.39, 0.29) is 0 Å². The summed E-state index contributed by atoms with van der Waals surface area (Å²) in [7, 11) is 1.97. The average Bonchev–Trinajstić information content (AvgIpc) is 2.93. The van der Waals surface area contributed by atoms with Crippen molar-refractivity contribution >= 4 is 5.97 Å². The molecule has 0 atom stereocenters. The number of hydrogen-bond donors (Lipinski definition) is 2. The summed E-state index contributed by atoms with van der Waals surface area (Å²) >= 11 is 0. The number of rotatable bonds is 8. The minimum atomic E-state index is -0.700. The van der Waals surface area contributed by atoms with E-state index in [4.69, 9.17) is 0 Å². The molecule has 130 valence electrons. The summed E-state index contributed by atoms with van der Waals surface area (Å²) in [6.45, 7) is 5.12. The van der Waals surface area contributed by atoms with Crippen LogP contribution < -0.4 is 5.32 Å². The lowest BCUT2D eigenvalue weighted by Gasteiger charge is -2.27. The second-order valence-corrected chi connectivity index (χ2v) is 6.94. The SMILES string of the molecule is CCC(CC)(CNCc1cn(C)nc1C1CCCCC1)C(=O)O. The number of aryl methyl sites for hydroxylation is 1. The minimum Gasteiger partial charge on any atom is -0.481 e. The van der Waals surface area contributed by atoms with Gasteiger partial charge in [-0.05, 0) is 25.7 Å². The first-order chi connectivity index (χ1) is 11.0. The van der Waals surface area contributed by atoms with Gasteiger partial charge in [-0.1, -0.05) is 33.1 Å². The summed E-state index contributed by atoms with van der Waals surface area (Å²) in [5.74, 6) is -0.128. The lowest BCUT2D eigenvalue weighted by Crippen LogP contribution is -2.40. The fourth-order valence-electron chi connectivity index (χ4n) is 3.73. The number of carboxylic acids is 1. The zero-order valence-electron chi connectivity index (χ0n) is 14.8. The third kappa shape index (κ3) is 4.14. The summed E-state index contributed by atoms with van der Waals surface area (Å²) in [4.78, 5) is 11.6. The fraction of sp³-hybridized carbons (Fsp3) is 0.778. The normalized spacial score (nSPS) is 16.7. The Hall–Kier alpha value is -1.36. The zero-order valence-corrected chi connectivity index (χ0v) is 14.8. The first-order valence-electron chi connectivity index (χ1n) is 8.99. The van der Waals surface area contributed by atoms with Crippen LogP contribution in [0.4, 0.5) is 0 Å². The first kappa shape index (κ1) is 18.0. The predicted molar refractivity (Wildman–Crippen MR) is 91.4 cm³/mol. The van der Waals surface area contributed by atoms with Gasteiger partial charge >= 0.3 is 5.97 Å². The molecule has 1 saturated carbocycles. The van der Waals surface area contributed by atoms with E-state index in [1.807, 2.05) is 25.6 Å². The molecule has 0 radical (unpaired) electrons. The van der Waals surface area contributed by atoms with E-state index in [1.54, 1.807) is 0 Å². The molecular weight excluding hydrogens is 290 g/mol. The highest BCUT2D eigenvalue weighted by molar-refractivity contribution is 5.74. The molecule has 1 aromatic heterocycles. The Labute approximate surface area is 139 Å². The van der Waals surface area contributed by atoms with Crippen LogP contribution in [0.2, 0.25) is 0 Å². The van der Waals surface area contributed by atoms with E-state index in [0.29, 0.717) is 31.8 Å². The van der Waals surface area contributed by atoms with Crippen molar-refractivity contribution < 1.29 is 9.90 Å². The van der Waals surface area contributed by atoms with Gasteiger partial charge in [-0.15, -0.1) is 0 Å². The molecule has 0 bridgehead atoms. The highest BCUT2D eigenvalue weighted by atomic mass is 16.4. The monoisotopic (exact) mass is 321 g/mol. The molecule has 2 N–H and O–H groups in total. The molecule has 1 fully saturated rings. The molecule has 5 nitrogen and oxygen atoms in total. The summed E-state index contributed by atoms with van der Waals surface area (Å²) in [5, 5.41) is 17.6. The van der Waals surface area contributed by atoms with Crippen molar-refractivity contribution in [3.8, 4) is 0 Å². The maximum Gasteiger partial charge on any atom is 0.310 e. The van der Waals surface area contributed by atoms with Crippen molar-refractivity contribution in [2.75, 3.05) is 6.54 Å². The number of aromatic nitrogens is 2. The Morgan fingerprint density at radius 2 is 2.00 bits per heavy atom. The van der Waals surface area contributed by atoms with Crippen molar-refractivity contribution in [3.05, 3.63) is 17.5 Å². The van der Waals surface area contributed by atoms with E-state index in [1.165, 1.54) is 43.4 Å². The van der Waals surface area contributed by atoms with Crippen LogP contribution in [0.1, 0.15) is 76.0 Å². The Balaban J connectivity index is 2.01. The van der Waals surface area contributed by atoms with E-state index >= 15 is 0 Å². The van der Waals surface area contributed by atoms with Crippen molar-refractivity contribution in [3.63, 3.8) is 0 Å². The molecule has 1 heterocycles. The van der Waals surface area contributed by atoms with Crippen molar-refractivity contribution in [2.24, 2.45) is 12.5 Å². The van der Waals surface area contributed by atoms with Gasteiger partial charge in [0.1, 0.15) is 0 Å². The lowest BCUT2D eigenvalue weighted by molar-refractivity contribution is -0.149. The Morgan fingerprint density at radius 1 is 1.35 bits per heavy atom. The molecule has 5 heteroatoms. The van der Waals surface area contributed by atoms with Crippen molar-refractivity contribution in [1.82, 2.24) is 15.1 Å². The van der Waals surface area contributed by atoms with Gasteiger partial charge in [0.05, 0.1) is 11.1 Å². The molecule has 1 aliphatic carbocycles. The van der Waals surface area contributed by atoms with E-state index in [9.17, 15) is 9.90 Å². The van der Waals surface area contributed by atoms with Gasteiger partial charge in [-0.2, -0.15) is 5.10 Å². The molecular formula is C18H31N3O2. The van der Waals surface area contributed by atoms with Crippen LogP contribution in [0.25, 0.3) is 0 Å². The molecule has 0 unspecified atom stereocenters. The maximum atomic E-state index is 11.6. The van der Waals surface area contributed by atoms with Crippen LogP contribution in [-0.2, 0) is 18.4 Å². The Bertz CT molecular complexity index is 514. The van der Waals surface area contributed by atoms with Crippen LogP contribution in [-0.4, -0.2) is 27.4 Å². The number of hydrogen-bond acceptors (Lipinski definition) is 3. The van der Waals surface area contributed by atoms with Gasteiger partial charge in [0.2, 0.25) is 0 Å². The van der Waals surface area contributed by atoms with Gasteiger partial charge in [0.15, 0.2) is 0 Å². The van der Waals surface area contributed by atoms with Gasteiger partial charge < -0.3 is 10.4 Å². The van der Waals surface area contributed by atoms with E-state index < -0.39 is 11.4 Å². The second-order valence-electron chi connectivity index (χ2n) is 6.94. The molecule has 0 aromatic carbocycles. The number of carbonyl (C=O) groups is 1. The van der Waals surface area contributed by atoms with Crippen LogP contribution in [0.3, 0.4) is 0 Å². The van der Waals surface area contributed by atoms with Gasteiger partial charge in [0.25, 0.3) is 0 Å². The van der Waals surface area contributed by atoms with Crippen LogP contribution in [0, 0.1) is 5.41 Å². The zero-order chi connectivity index (χ0) is 16.9. The van der Waals surface area contributed by atoms with Crippen LogP contribution >= 0.6 is 0 Å². The van der Waals surface area contributed by atoms with Crippen molar-refractivity contribution in [1.29, 1.82) is 0 Å². The molecule has 0 spiro atoms. The third-order valence-electron chi connectivity index (χ3n) is 5.52. The van der Waals surface area contributed by atoms with Crippen LogP contribution in [0.5, 0.6) is 0 Å². The topological polar surface area (TPSA) is 67.2 Å². The highest BCUT2D eigenvalue weighted by Gasteiger charge is 2.34. The summed E-state index contributed by atoms with van der Waals surface area (Å²) < 4.78 is 1.89. The quantitative estimate of drug-likeness (QED) is 0.769. The summed E-state index contributed by atoms with van der Waals surface area (Å²) in [5.41, 5.74) is 1.78. The molecule has 0 amide bonds. The smallest absolute Gasteiger partial charge is 0.310 e. The van der Waals surface area contributed by atoms with E-state index in [0.717, 1.165) is 0 Å². The lowest BCUT2D eigenvalue weighted by atomic mass is 9.82.